The number of nitrogens with one attached hydrogen (secondary N) is 1. The second-order valence-corrected chi connectivity index (χ2v) is 4.58. The van der Waals surface area contributed by atoms with Gasteiger partial charge in [-0.1, -0.05) is 39.5 Å². The van der Waals surface area contributed by atoms with E-state index in [0.29, 0.717) is 5.54 Å². The molecule has 0 radical (unpaired) electrons. The summed E-state index contributed by atoms with van der Waals surface area (Å²) in [6.45, 7) is 10.2. The van der Waals surface area contributed by atoms with Gasteiger partial charge in [-0.05, 0) is 33.2 Å². The maximum Gasteiger partial charge on any atom is 0.0122 e. The zero-order chi connectivity index (χ0) is 10.2. The predicted molar refractivity (Wildman–Crippen MR) is 61.1 cm³/mol. The summed E-state index contributed by atoms with van der Waals surface area (Å²) in [4.78, 5) is 0. The lowest BCUT2D eigenvalue weighted by atomic mass is 10.0. The summed E-state index contributed by atoms with van der Waals surface area (Å²) in [6.07, 6.45) is 8.09. The first-order chi connectivity index (χ1) is 6.12. The van der Waals surface area contributed by atoms with Gasteiger partial charge in [0.1, 0.15) is 0 Å². The van der Waals surface area contributed by atoms with Gasteiger partial charge in [0.15, 0.2) is 0 Å². The molecule has 0 saturated carbocycles. The van der Waals surface area contributed by atoms with Gasteiger partial charge in [0.2, 0.25) is 0 Å². The molecule has 0 spiro atoms. The Bertz CT molecular complexity index is 108. The first kappa shape index (κ1) is 13.0. The fourth-order valence-corrected chi connectivity index (χ4v) is 1.28. The summed E-state index contributed by atoms with van der Waals surface area (Å²) in [5.74, 6) is 0. The third-order valence-electron chi connectivity index (χ3n) is 2.77. The molecule has 0 saturated heterocycles. The third kappa shape index (κ3) is 8.29. The first-order valence-corrected chi connectivity index (χ1v) is 5.87. The Hall–Kier alpha value is -0.0400. The lowest BCUT2D eigenvalue weighted by Crippen LogP contribution is -2.38. The van der Waals surface area contributed by atoms with Crippen molar-refractivity contribution < 1.29 is 0 Å². The maximum atomic E-state index is 3.59. The highest BCUT2D eigenvalue weighted by atomic mass is 14.9. The lowest BCUT2D eigenvalue weighted by molar-refractivity contribution is 0.370. The SMILES string of the molecule is CCCCCCCNC(C)(C)CC. The number of rotatable bonds is 8. The molecule has 0 aliphatic rings. The van der Waals surface area contributed by atoms with Crippen molar-refractivity contribution in [2.24, 2.45) is 0 Å². The molecule has 1 heteroatoms. The molecule has 0 fully saturated rings. The Kier molecular flexibility index (Phi) is 7.35. The molecule has 0 amide bonds. The topological polar surface area (TPSA) is 12.0 Å². The molecule has 0 atom stereocenters. The smallest absolute Gasteiger partial charge is 0.0122 e. The molecular weight excluding hydrogens is 158 g/mol. The van der Waals surface area contributed by atoms with Crippen LogP contribution in [-0.2, 0) is 0 Å². The van der Waals surface area contributed by atoms with Crippen LogP contribution in [0.5, 0.6) is 0 Å². The van der Waals surface area contributed by atoms with Crippen molar-refractivity contribution in [2.75, 3.05) is 6.54 Å². The van der Waals surface area contributed by atoms with Crippen molar-refractivity contribution in [3.63, 3.8) is 0 Å². The minimum absolute atomic E-state index is 0.338. The molecule has 0 rings (SSSR count). The second-order valence-electron chi connectivity index (χ2n) is 4.58. The van der Waals surface area contributed by atoms with E-state index in [-0.39, 0.29) is 0 Å². The van der Waals surface area contributed by atoms with Gasteiger partial charge in [0.05, 0.1) is 0 Å². The zero-order valence-corrected chi connectivity index (χ0v) is 9.95. The summed E-state index contributed by atoms with van der Waals surface area (Å²) in [6, 6.07) is 0. The van der Waals surface area contributed by atoms with E-state index < -0.39 is 0 Å². The van der Waals surface area contributed by atoms with Gasteiger partial charge in [0, 0.05) is 5.54 Å². The van der Waals surface area contributed by atoms with E-state index in [1.165, 1.54) is 45.1 Å². The van der Waals surface area contributed by atoms with E-state index in [4.69, 9.17) is 0 Å². The summed E-state index contributed by atoms with van der Waals surface area (Å²) in [5, 5.41) is 3.59. The van der Waals surface area contributed by atoms with Gasteiger partial charge in [0.25, 0.3) is 0 Å². The highest BCUT2D eigenvalue weighted by molar-refractivity contribution is 4.74. The fourth-order valence-electron chi connectivity index (χ4n) is 1.28. The largest absolute Gasteiger partial charge is 0.312 e. The quantitative estimate of drug-likeness (QED) is 0.568. The molecule has 1 nitrogen and oxygen atoms in total. The van der Waals surface area contributed by atoms with Crippen LogP contribution in [0.1, 0.15) is 66.2 Å². The van der Waals surface area contributed by atoms with Crippen LogP contribution in [0, 0.1) is 0 Å². The van der Waals surface area contributed by atoms with Crippen LogP contribution < -0.4 is 5.32 Å². The van der Waals surface area contributed by atoms with Gasteiger partial charge in [-0.15, -0.1) is 0 Å². The second kappa shape index (κ2) is 7.37. The van der Waals surface area contributed by atoms with Gasteiger partial charge in [-0.2, -0.15) is 0 Å². The van der Waals surface area contributed by atoms with Crippen LogP contribution in [0.2, 0.25) is 0 Å². The molecule has 0 aliphatic carbocycles. The zero-order valence-electron chi connectivity index (χ0n) is 9.95. The van der Waals surface area contributed by atoms with Crippen molar-refractivity contribution in [3.8, 4) is 0 Å². The van der Waals surface area contributed by atoms with Gasteiger partial charge >= 0.3 is 0 Å². The van der Waals surface area contributed by atoms with Crippen LogP contribution in [0.25, 0.3) is 0 Å². The molecule has 0 heterocycles. The van der Waals surface area contributed by atoms with E-state index in [1.807, 2.05) is 0 Å². The van der Waals surface area contributed by atoms with Crippen LogP contribution in [0.4, 0.5) is 0 Å². The molecule has 1 N–H and O–H groups in total. The Morgan fingerprint density at radius 3 is 2.08 bits per heavy atom. The standard InChI is InChI=1S/C12H27N/c1-5-7-8-9-10-11-13-12(3,4)6-2/h13H,5-11H2,1-4H3. The van der Waals surface area contributed by atoms with Crippen molar-refractivity contribution in [2.45, 2.75) is 71.8 Å². The molecule has 0 aromatic heterocycles. The molecule has 0 aliphatic heterocycles. The number of hydrogen-bond acceptors (Lipinski definition) is 1. The normalized spacial score (nSPS) is 12.0. The minimum atomic E-state index is 0.338. The summed E-state index contributed by atoms with van der Waals surface area (Å²) < 4.78 is 0. The van der Waals surface area contributed by atoms with E-state index in [9.17, 15) is 0 Å². The molecular formula is C12H27N. The molecule has 0 bridgehead atoms. The van der Waals surface area contributed by atoms with Gasteiger partial charge in [-0.3, -0.25) is 0 Å². The van der Waals surface area contributed by atoms with Gasteiger partial charge in [-0.25, -0.2) is 0 Å². The molecule has 0 aromatic rings. The van der Waals surface area contributed by atoms with Crippen LogP contribution in [0.15, 0.2) is 0 Å². The molecule has 13 heavy (non-hydrogen) atoms. The minimum Gasteiger partial charge on any atom is -0.312 e. The van der Waals surface area contributed by atoms with Crippen molar-refractivity contribution in [1.82, 2.24) is 5.32 Å². The third-order valence-corrected chi connectivity index (χ3v) is 2.77. The Labute approximate surface area is 84.3 Å². The van der Waals surface area contributed by atoms with Gasteiger partial charge < -0.3 is 5.32 Å². The average molecular weight is 185 g/mol. The van der Waals surface area contributed by atoms with Crippen molar-refractivity contribution >= 4 is 0 Å². The van der Waals surface area contributed by atoms with E-state index in [0.717, 1.165) is 0 Å². The monoisotopic (exact) mass is 185 g/mol. The summed E-state index contributed by atoms with van der Waals surface area (Å²) >= 11 is 0. The van der Waals surface area contributed by atoms with Crippen LogP contribution >= 0.6 is 0 Å². The number of unbranched alkanes of at least 4 members (excludes halogenated alkanes) is 4. The van der Waals surface area contributed by atoms with E-state index in [2.05, 4.69) is 33.0 Å². The van der Waals surface area contributed by atoms with E-state index in [1.54, 1.807) is 0 Å². The van der Waals surface area contributed by atoms with Crippen LogP contribution in [-0.4, -0.2) is 12.1 Å². The predicted octanol–water partition coefficient (Wildman–Crippen LogP) is 3.74. The average Bonchev–Trinajstić information content (AvgIpc) is 2.11. The Balaban J connectivity index is 3.16. The Morgan fingerprint density at radius 1 is 0.923 bits per heavy atom. The summed E-state index contributed by atoms with van der Waals surface area (Å²) in [7, 11) is 0. The molecule has 80 valence electrons. The van der Waals surface area contributed by atoms with E-state index >= 15 is 0 Å². The number of hydrogen-bond donors (Lipinski definition) is 1. The maximum absolute atomic E-state index is 3.59. The molecule has 0 aromatic carbocycles. The summed E-state index contributed by atoms with van der Waals surface area (Å²) in [5.41, 5.74) is 0.338. The van der Waals surface area contributed by atoms with Crippen molar-refractivity contribution in [3.05, 3.63) is 0 Å². The fraction of sp³-hybridized carbons (Fsp3) is 1.00. The first-order valence-electron chi connectivity index (χ1n) is 5.87. The lowest BCUT2D eigenvalue weighted by Gasteiger charge is -2.24. The van der Waals surface area contributed by atoms with Crippen LogP contribution in [0.3, 0.4) is 0 Å². The Morgan fingerprint density at radius 2 is 1.54 bits per heavy atom. The molecule has 0 unspecified atom stereocenters. The highest BCUT2D eigenvalue weighted by Crippen LogP contribution is 2.07. The highest BCUT2D eigenvalue weighted by Gasteiger charge is 2.12. The van der Waals surface area contributed by atoms with Crippen molar-refractivity contribution in [1.29, 1.82) is 0 Å².